The second-order valence-electron chi connectivity index (χ2n) is 4.89. The van der Waals surface area contributed by atoms with Gasteiger partial charge in [0.25, 0.3) is 0 Å². The first-order valence-electron chi connectivity index (χ1n) is 6.48. The first kappa shape index (κ1) is 13.1. The standard InChI is InChI=1S/C16H14N4O/c1-9-6-11(16(18)19-8-9)15(21)14-7-12(17)10-4-2-3-5-13(10)20-14/h2-8H,1H3,(H2,17,20)(H2,18,19). The van der Waals surface area contributed by atoms with Gasteiger partial charge in [-0.25, -0.2) is 9.97 Å². The summed E-state index contributed by atoms with van der Waals surface area (Å²) in [6.07, 6.45) is 1.62. The van der Waals surface area contributed by atoms with Crippen molar-refractivity contribution in [1.82, 2.24) is 9.97 Å². The molecule has 21 heavy (non-hydrogen) atoms. The third-order valence-corrected chi connectivity index (χ3v) is 3.28. The minimum Gasteiger partial charge on any atom is -0.398 e. The molecule has 0 spiro atoms. The van der Waals surface area contributed by atoms with Crippen molar-refractivity contribution in [3.63, 3.8) is 0 Å². The quantitative estimate of drug-likeness (QED) is 0.701. The van der Waals surface area contributed by atoms with Crippen LogP contribution in [0.25, 0.3) is 10.9 Å². The number of aryl methyl sites for hydroxylation is 1. The third kappa shape index (κ3) is 2.29. The average molecular weight is 278 g/mol. The molecule has 0 bridgehead atoms. The lowest BCUT2D eigenvalue weighted by atomic mass is 10.1. The first-order chi connectivity index (χ1) is 10.1. The summed E-state index contributed by atoms with van der Waals surface area (Å²) >= 11 is 0. The highest BCUT2D eigenvalue weighted by atomic mass is 16.1. The first-order valence-corrected chi connectivity index (χ1v) is 6.48. The molecule has 0 atom stereocenters. The number of ketones is 1. The molecule has 0 aliphatic heterocycles. The molecule has 3 rings (SSSR count). The number of hydrogen-bond donors (Lipinski definition) is 2. The van der Waals surface area contributed by atoms with Gasteiger partial charge in [-0.2, -0.15) is 0 Å². The van der Waals surface area contributed by atoms with Crippen molar-refractivity contribution in [1.29, 1.82) is 0 Å². The predicted octanol–water partition coefficient (Wildman–Crippen LogP) is 2.33. The van der Waals surface area contributed by atoms with Gasteiger partial charge in [0.2, 0.25) is 5.78 Å². The zero-order valence-corrected chi connectivity index (χ0v) is 11.5. The highest BCUT2D eigenvalue weighted by molar-refractivity contribution is 6.12. The lowest BCUT2D eigenvalue weighted by Crippen LogP contribution is -2.10. The van der Waals surface area contributed by atoms with Gasteiger partial charge in [-0.15, -0.1) is 0 Å². The van der Waals surface area contributed by atoms with E-state index in [4.69, 9.17) is 11.5 Å². The van der Waals surface area contributed by atoms with Crippen LogP contribution in [0.4, 0.5) is 11.5 Å². The minimum absolute atomic E-state index is 0.194. The molecule has 0 saturated carbocycles. The van der Waals surface area contributed by atoms with E-state index in [-0.39, 0.29) is 17.3 Å². The summed E-state index contributed by atoms with van der Waals surface area (Å²) in [4.78, 5) is 21.0. The van der Waals surface area contributed by atoms with E-state index in [2.05, 4.69) is 9.97 Å². The Labute approximate surface area is 121 Å². The zero-order chi connectivity index (χ0) is 15.0. The summed E-state index contributed by atoms with van der Waals surface area (Å²) < 4.78 is 0. The molecule has 5 nitrogen and oxygen atoms in total. The monoisotopic (exact) mass is 278 g/mol. The van der Waals surface area contributed by atoms with Crippen LogP contribution < -0.4 is 11.5 Å². The van der Waals surface area contributed by atoms with Crippen LogP contribution in [-0.2, 0) is 0 Å². The van der Waals surface area contributed by atoms with Crippen LogP contribution in [0, 0.1) is 6.92 Å². The molecule has 0 unspecified atom stereocenters. The molecular weight excluding hydrogens is 264 g/mol. The van der Waals surface area contributed by atoms with Crippen LogP contribution in [-0.4, -0.2) is 15.8 Å². The Balaban J connectivity index is 2.16. The van der Waals surface area contributed by atoms with Gasteiger partial charge in [0.1, 0.15) is 11.5 Å². The molecule has 0 amide bonds. The number of fused-ring (bicyclic) bond motifs is 1. The molecule has 0 radical (unpaired) electrons. The van der Waals surface area contributed by atoms with Crippen molar-refractivity contribution in [2.45, 2.75) is 6.92 Å². The molecule has 0 fully saturated rings. The fraction of sp³-hybridized carbons (Fsp3) is 0.0625. The Morgan fingerprint density at radius 2 is 1.90 bits per heavy atom. The molecule has 4 N–H and O–H groups in total. The number of hydrogen-bond acceptors (Lipinski definition) is 5. The van der Waals surface area contributed by atoms with Gasteiger partial charge in [0, 0.05) is 17.3 Å². The van der Waals surface area contributed by atoms with Crippen LogP contribution in [0.15, 0.2) is 42.6 Å². The number of benzene rings is 1. The number of aromatic nitrogens is 2. The maximum absolute atomic E-state index is 12.6. The zero-order valence-electron chi connectivity index (χ0n) is 11.5. The molecule has 2 heterocycles. The summed E-state index contributed by atoms with van der Waals surface area (Å²) in [7, 11) is 0. The van der Waals surface area contributed by atoms with Crippen LogP contribution in [0.3, 0.4) is 0 Å². The van der Waals surface area contributed by atoms with Crippen molar-refractivity contribution in [2.75, 3.05) is 11.5 Å². The highest BCUT2D eigenvalue weighted by Gasteiger charge is 2.16. The molecule has 0 saturated heterocycles. The molecular formula is C16H14N4O. The Kier molecular flexibility index (Phi) is 3.02. The molecule has 0 aliphatic carbocycles. The van der Waals surface area contributed by atoms with Gasteiger partial charge in [0.15, 0.2) is 0 Å². The Bertz CT molecular complexity index is 858. The van der Waals surface area contributed by atoms with Gasteiger partial charge in [-0.3, -0.25) is 4.79 Å². The summed E-state index contributed by atoms with van der Waals surface area (Å²) in [5, 5.41) is 0.824. The van der Waals surface area contributed by atoms with E-state index in [1.54, 1.807) is 18.3 Å². The van der Waals surface area contributed by atoms with Crippen molar-refractivity contribution < 1.29 is 4.79 Å². The third-order valence-electron chi connectivity index (χ3n) is 3.28. The number of nitrogens with two attached hydrogens (primary N) is 2. The van der Waals surface area contributed by atoms with Gasteiger partial charge in [-0.1, -0.05) is 18.2 Å². The van der Waals surface area contributed by atoms with Crippen LogP contribution in [0.2, 0.25) is 0 Å². The lowest BCUT2D eigenvalue weighted by molar-refractivity contribution is 0.103. The van der Waals surface area contributed by atoms with Crippen molar-refractivity contribution in [3.8, 4) is 0 Å². The van der Waals surface area contributed by atoms with Crippen molar-refractivity contribution in [2.24, 2.45) is 0 Å². The molecule has 104 valence electrons. The van der Waals surface area contributed by atoms with E-state index in [0.29, 0.717) is 16.8 Å². The Morgan fingerprint density at radius 1 is 1.14 bits per heavy atom. The smallest absolute Gasteiger partial charge is 0.215 e. The molecule has 3 aromatic rings. The number of pyridine rings is 2. The van der Waals surface area contributed by atoms with Crippen LogP contribution in [0.5, 0.6) is 0 Å². The number of para-hydroxylation sites is 1. The minimum atomic E-state index is -0.277. The lowest BCUT2D eigenvalue weighted by Gasteiger charge is -2.07. The fourth-order valence-corrected chi connectivity index (χ4v) is 2.22. The topological polar surface area (TPSA) is 94.9 Å². The largest absolute Gasteiger partial charge is 0.398 e. The van der Waals surface area contributed by atoms with E-state index in [9.17, 15) is 4.79 Å². The summed E-state index contributed by atoms with van der Waals surface area (Å²) in [5.41, 5.74) is 14.5. The summed E-state index contributed by atoms with van der Waals surface area (Å²) in [6, 6.07) is 10.7. The number of nitrogens with zero attached hydrogens (tertiary/aromatic N) is 2. The molecule has 5 heteroatoms. The van der Waals surface area contributed by atoms with Crippen LogP contribution >= 0.6 is 0 Å². The normalized spacial score (nSPS) is 10.7. The van der Waals surface area contributed by atoms with Crippen molar-refractivity contribution in [3.05, 3.63) is 59.4 Å². The predicted molar refractivity (Wildman–Crippen MR) is 83.0 cm³/mol. The van der Waals surface area contributed by atoms with Crippen LogP contribution in [0.1, 0.15) is 21.6 Å². The number of anilines is 2. The molecule has 0 aliphatic rings. The average Bonchev–Trinajstić information content (AvgIpc) is 2.49. The SMILES string of the molecule is Cc1cnc(N)c(C(=O)c2cc(N)c3ccccc3n2)c1. The molecule has 1 aromatic carbocycles. The Hall–Kier alpha value is -2.95. The Morgan fingerprint density at radius 3 is 2.71 bits per heavy atom. The molecule has 2 aromatic heterocycles. The van der Waals surface area contributed by atoms with E-state index in [1.165, 1.54) is 0 Å². The highest BCUT2D eigenvalue weighted by Crippen LogP contribution is 2.22. The fourth-order valence-electron chi connectivity index (χ4n) is 2.22. The number of carbonyl (C=O) groups is 1. The van der Waals surface area contributed by atoms with E-state index in [0.717, 1.165) is 10.9 Å². The second kappa shape index (κ2) is 4.86. The summed E-state index contributed by atoms with van der Waals surface area (Å²) in [5.74, 6) is -0.0831. The van der Waals surface area contributed by atoms with Gasteiger partial charge in [0.05, 0.1) is 11.1 Å². The van der Waals surface area contributed by atoms with E-state index < -0.39 is 0 Å². The summed E-state index contributed by atoms with van der Waals surface area (Å²) in [6.45, 7) is 1.85. The number of nitrogen functional groups attached to an aromatic ring is 2. The maximum atomic E-state index is 12.6. The maximum Gasteiger partial charge on any atom is 0.215 e. The van der Waals surface area contributed by atoms with Gasteiger partial charge >= 0.3 is 0 Å². The van der Waals surface area contributed by atoms with Crippen molar-refractivity contribution >= 4 is 28.2 Å². The number of carbonyl (C=O) groups excluding carboxylic acids is 1. The van der Waals surface area contributed by atoms with E-state index in [1.807, 2.05) is 31.2 Å². The second-order valence-corrected chi connectivity index (χ2v) is 4.89. The number of rotatable bonds is 2. The van der Waals surface area contributed by atoms with Gasteiger partial charge in [-0.05, 0) is 30.7 Å². The van der Waals surface area contributed by atoms with Gasteiger partial charge < -0.3 is 11.5 Å². The van der Waals surface area contributed by atoms with E-state index >= 15 is 0 Å².